The van der Waals surface area contributed by atoms with Gasteiger partial charge in [0.15, 0.2) is 0 Å². The normalized spacial score (nSPS) is 10.4. The van der Waals surface area contributed by atoms with Crippen LogP contribution < -0.4 is 11.5 Å². The van der Waals surface area contributed by atoms with Crippen molar-refractivity contribution < 1.29 is 0 Å². The second-order valence-electron chi connectivity index (χ2n) is 4.53. The largest absolute Gasteiger partial charge is 0.399 e. The Balaban J connectivity index is 1.96. The lowest BCUT2D eigenvalue weighted by atomic mass is 10.1. The van der Waals surface area contributed by atoms with Crippen LogP contribution in [-0.2, 0) is 0 Å². The zero-order chi connectivity index (χ0) is 13.9. The Morgan fingerprint density at radius 2 is 1.00 bits per heavy atom. The molecular formula is C16H14N4. The van der Waals surface area contributed by atoms with Gasteiger partial charge in [-0.05, 0) is 24.3 Å². The summed E-state index contributed by atoms with van der Waals surface area (Å²) in [4.78, 5) is 8.62. The molecule has 2 aromatic heterocycles. The lowest BCUT2D eigenvalue weighted by Crippen LogP contribution is -1.90. The highest BCUT2D eigenvalue weighted by molar-refractivity contribution is 5.69. The van der Waals surface area contributed by atoms with Crippen molar-refractivity contribution in [1.29, 1.82) is 0 Å². The van der Waals surface area contributed by atoms with E-state index in [1.807, 2.05) is 36.4 Å². The molecule has 0 aliphatic heterocycles. The Bertz CT molecular complexity index is 671. The summed E-state index contributed by atoms with van der Waals surface area (Å²) in [5.74, 6) is 0. The minimum Gasteiger partial charge on any atom is -0.399 e. The maximum absolute atomic E-state index is 5.77. The van der Waals surface area contributed by atoms with Crippen molar-refractivity contribution in [3.8, 4) is 22.5 Å². The summed E-state index contributed by atoms with van der Waals surface area (Å²) in [7, 11) is 0. The molecule has 0 saturated heterocycles. The first-order chi connectivity index (χ1) is 9.72. The van der Waals surface area contributed by atoms with E-state index in [-0.39, 0.29) is 0 Å². The summed E-state index contributed by atoms with van der Waals surface area (Å²) >= 11 is 0. The van der Waals surface area contributed by atoms with Gasteiger partial charge in [-0.2, -0.15) is 0 Å². The number of benzene rings is 1. The summed E-state index contributed by atoms with van der Waals surface area (Å²) in [6.07, 6.45) is 3.41. The molecule has 0 amide bonds. The second-order valence-corrected chi connectivity index (χ2v) is 4.53. The van der Waals surface area contributed by atoms with Crippen LogP contribution in [0.4, 0.5) is 11.4 Å². The average molecular weight is 262 g/mol. The number of rotatable bonds is 2. The lowest BCUT2D eigenvalue weighted by molar-refractivity contribution is 1.31. The molecule has 98 valence electrons. The van der Waals surface area contributed by atoms with Crippen LogP contribution in [0.25, 0.3) is 22.5 Å². The van der Waals surface area contributed by atoms with E-state index in [1.165, 1.54) is 0 Å². The minimum atomic E-state index is 0.705. The molecule has 1 aromatic carbocycles. The van der Waals surface area contributed by atoms with Gasteiger partial charge >= 0.3 is 0 Å². The molecule has 0 radical (unpaired) electrons. The fraction of sp³-hybridized carbons (Fsp3) is 0. The van der Waals surface area contributed by atoms with Crippen molar-refractivity contribution in [3.05, 3.63) is 60.9 Å². The molecule has 0 aliphatic rings. The van der Waals surface area contributed by atoms with Crippen molar-refractivity contribution in [2.24, 2.45) is 0 Å². The Kier molecular flexibility index (Phi) is 3.05. The van der Waals surface area contributed by atoms with Crippen molar-refractivity contribution in [1.82, 2.24) is 9.97 Å². The van der Waals surface area contributed by atoms with Crippen LogP contribution in [0.2, 0.25) is 0 Å². The van der Waals surface area contributed by atoms with Crippen molar-refractivity contribution >= 4 is 11.4 Å². The summed E-state index contributed by atoms with van der Waals surface area (Å²) in [5.41, 5.74) is 16.7. The van der Waals surface area contributed by atoms with Crippen LogP contribution in [0.1, 0.15) is 0 Å². The van der Waals surface area contributed by atoms with E-state index in [2.05, 4.69) is 9.97 Å². The van der Waals surface area contributed by atoms with Crippen molar-refractivity contribution in [2.75, 3.05) is 11.5 Å². The molecule has 3 rings (SSSR count). The smallest absolute Gasteiger partial charge is 0.0722 e. The van der Waals surface area contributed by atoms with Gasteiger partial charge in [0.05, 0.1) is 11.4 Å². The molecule has 20 heavy (non-hydrogen) atoms. The summed E-state index contributed by atoms with van der Waals surface area (Å²) < 4.78 is 0. The maximum Gasteiger partial charge on any atom is 0.0722 e. The van der Waals surface area contributed by atoms with Gasteiger partial charge in [-0.1, -0.05) is 24.3 Å². The molecule has 4 heteroatoms. The van der Waals surface area contributed by atoms with E-state index in [9.17, 15) is 0 Å². The van der Waals surface area contributed by atoms with E-state index < -0.39 is 0 Å². The third kappa shape index (κ3) is 2.44. The number of aromatic nitrogens is 2. The molecular weight excluding hydrogens is 248 g/mol. The maximum atomic E-state index is 5.77. The van der Waals surface area contributed by atoms with Crippen LogP contribution in [0.5, 0.6) is 0 Å². The molecule has 0 bridgehead atoms. The number of nitrogens with zero attached hydrogens (tertiary/aromatic N) is 2. The highest BCUT2D eigenvalue weighted by Gasteiger charge is 2.03. The zero-order valence-corrected chi connectivity index (χ0v) is 10.8. The number of nitrogen functional groups attached to an aromatic ring is 2. The summed E-state index contributed by atoms with van der Waals surface area (Å²) in [6, 6.07) is 15.3. The van der Waals surface area contributed by atoms with E-state index >= 15 is 0 Å². The predicted octanol–water partition coefficient (Wildman–Crippen LogP) is 2.98. The van der Waals surface area contributed by atoms with Crippen LogP contribution in [0, 0.1) is 0 Å². The highest BCUT2D eigenvalue weighted by Crippen LogP contribution is 2.24. The standard InChI is InChI=1S/C16H14N4/c17-13-5-7-19-15(9-13)11-1-2-12(4-3-11)16-10-14(18)6-8-20-16/h1-10H,(H2,17,19)(H2,18,20). The Morgan fingerprint density at radius 1 is 0.600 bits per heavy atom. The van der Waals surface area contributed by atoms with Gasteiger partial charge in [0.1, 0.15) is 0 Å². The van der Waals surface area contributed by atoms with E-state index in [1.54, 1.807) is 24.5 Å². The highest BCUT2D eigenvalue weighted by atomic mass is 14.7. The number of nitrogens with two attached hydrogens (primary N) is 2. The van der Waals surface area contributed by atoms with E-state index in [0.29, 0.717) is 11.4 Å². The number of anilines is 2. The first-order valence-corrected chi connectivity index (χ1v) is 6.26. The molecule has 0 fully saturated rings. The van der Waals surface area contributed by atoms with Crippen LogP contribution in [0.15, 0.2) is 60.9 Å². The van der Waals surface area contributed by atoms with Crippen LogP contribution in [-0.4, -0.2) is 9.97 Å². The molecule has 4 N–H and O–H groups in total. The fourth-order valence-electron chi connectivity index (χ4n) is 2.02. The molecule has 4 nitrogen and oxygen atoms in total. The van der Waals surface area contributed by atoms with Gasteiger partial charge in [0.2, 0.25) is 0 Å². The number of pyridine rings is 2. The first kappa shape index (κ1) is 12.2. The van der Waals surface area contributed by atoms with Gasteiger partial charge < -0.3 is 11.5 Å². The van der Waals surface area contributed by atoms with E-state index in [4.69, 9.17) is 11.5 Å². The third-order valence-electron chi connectivity index (χ3n) is 3.04. The minimum absolute atomic E-state index is 0.705. The quantitative estimate of drug-likeness (QED) is 0.744. The number of hydrogen-bond acceptors (Lipinski definition) is 4. The zero-order valence-electron chi connectivity index (χ0n) is 10.8. The van der Waals surface area contributed by atoms with Gasteiger partial charge in [-0.25, -0.2) is 0 Å². The first-order valence-electron chi connectivity index (χ1n) is 6.26. The molecule has 0 atom stereocenters. The van der Waals surface area contributed by atoms with Gasteiger partial charge in [-0.3, -0.25) is 9.97 Å². The second kappa shape index (κ2) is 5.01. The molecule has 3 aromatic rings. The molecule has 0 aliphatic carbocycles. The Morgan fingerprint density at radius 3 is 1.35 bits per heavy atom. The average Bonchev–Trinajstić information content (AvgIpc) is 2.47. The predicted molar refractivity (Wildman–Crippen MR) is 81.7 cm³/mol. The molecule has 0 spiro atoms. The lowest BCUT2D eigenvalue weighted by Gasteiger charge is -2.05. The summed E-state index contributed by atoms with van der Waals surface area (Å²) in [6.45, 7) is 0. The van der Waals surface area contributed by atoms with E-state index in [0.717, 1.165) is 22.5 Å². The topological polar surface area (TPSA) is 77.8 Å². The Hall–Kier alpha value is -2.88. The number of hydrogen-bond donors (Lipinski definition) is 2. The van der Waals surface area contributed by atoms with Gasteiger partial charge in [-0.15, -0.1) is 0 Å². The molecule has 0 saturated carbocycles. The summed E-state index contributed by atoms with van der Waals surface area (Å²) in [5, 5.41) is 0. The van der Waals surface area contributed by atoms with Crippen molar-refractivity contribution in [2.45, 2.75) is 0 Å². The fourth-order valence-corrected chi connectivity index (χ4v) is 2.02. The van der Waals surface area contributed by atoms with Gasteiger partial charge in [0, 0.05) is 34.9 Å². The Labute approximate surface area is 117 Å². The van der Waals surface area contributed by atoms with Gasteiger partial charge in [0.25, 0.3) is 0 Å². The monoisotopic (exact) mass is 262 g/mol. The molecule has 0 unspecified atom stereocenters. The van der Waals surface area contributed by atoms with Crippen LogP contribution >= 0.6 is 0 Å². The van der Waals surface area contributed by atoms with Crippen molar-refractivity contribution in [3.63, 3.8) is 0 Å². The molecule has 2 heterocycles. The SMILES string of the molecule is Nc1ccnc(-c2ccc(-c3cc(N)ccn3)cc2)c1. The third-order valence-corrected chi connectivity index (χ3v) is 3.04. The van der Waals surface area contributed by atoms with Crippen LogP contribution in [0.3, 0.4) is 0 Å².